The van der Waals surface area contributed by atoms with Crippen LogP contribution in [0.3, 0.4) is 0 Å². The molecule has 1 rings (SSSR count). The zero-order valence-corrected chi connectivity index (χ0v) is 4.86. The van der Waals surface area contributed by atoms with E-state index in [4.69, 9.17) is 5.73 Å². The molecule has 1 aliphatic rings. The molecule has 1 atom stereocenters. The van der Waals surface area contributed by atoms with Crippen molar-refractivity contribution in [1.82, 2.24) is 0 Å². The molecule has 0 amide bonds. The smallest absolute Gasteiger partial charge is 0.0379 e. The largest absolute Gasteiger partial charge is 0.322 e. The SMILES string of the molecule is C/C=C1/CC1(C)N. The summed E-state index contributed by atoms with van der Waals surface area (Å²) < 4.78 is 0. The van der Waals surface area contributed by atoms with Crippen LogP contribution < -0.4 is 5.73 Å². The standard InChI is InChI=1S/C6H11N/c1-3-5-4-6(5,2)7/h3H,4,7H2,1-2H3/b5-3-. The van der Waals surface area contributed by atoms with Crippen LogP contribution in [0.2, 0.25) is 0 Å². The van der Waals surface area contributed by atoms with E-state index in [1.165, 1.54) is 5.57 Å². The maximum absolute atomic E-state index is 5.65. The number of nitrogens with two attached hydrogens (primary N) is 1. The number of allylic oxidation sites excluding steroid dienone is 1. The summed E-state index contributed by atoms with van der Waals surface area (Å²) in [7, 11) is 0. The Morgan fingerprint density at radius 2 is 2.29 bits per heavy atom. The molecule has 1 nitrogen and oxygen atoms in total. The Balaban J connectivity index is 2.61. The molecule has 0 aliphatic heterocycles. The van der Waals surface area contributed by atoms with Gasteiger partial charge in [-0.25, -0.2) is 0 Å². The first-order chi connectivity index (χ1) is 3.17. The van der Waals surface area contributed by atoms with Gasteiger partial charge in [0, 0.05) is 5.54 Å². The molecule has 7 heavy (non-hydrogen) atoms. The zero-order valence-electron chi connectivity index (χ0n) is 4.86. The normalized spacial score (nSPS) is 44.7. The number of hydrogen-bond acceptors (Lipinski definition) is 1. The molecule has 2 N–H and O–H groups in total. The van der Waals surface area contributed by atoms with Crippen LogP contribution in [0.15, 0.2) is 11.6 Å². The first kappa shape index (κ1) is 4.85. The minimum absolute atomic E-state index is 0.0781. The van der Waals surface area contributed by atoms with Crippen molar-refractivity contribution >= 4 is 0 Å². The van der Waals surface area contributed by atoms with Gasteiger partial charge in [0.25, 0.3) is 0 Å². The molecular formula is C6H11N. The van der Waals surface area contributed by atoms with Crippen LogP contribution in [-0.2, 0) is 0 Å². The predicted molar refractivity (Wildman–Crippen MR) is 31.0 cm³/mol. The molecule has 0 heterocycles. The third-order valence-electron chi connectivity index (χ3n) is 1.51. The molecule has 0 bridgehead atoms. The van der Waals surface area contributed by atoms with E-state index in [1.54, 1.807) is 0 Å². The lowest BCUT2D eigenvalue weighted by molar-refractivity contribution is 0.793. The second-order valence-corrected chi connectivity index (χ2v) is 2.41. The fourth-order valence-electron chi connectivity index (χ4n) is 0.783. The van der Waals surface area contributed by atoms with E-state index in [0.717, 1.165) is 6.42 Å². The lowest BCUT2D eigenvalue weighted by atomic mass is 10.3. The van der Waals surface area contributed by atoms with Crippen molar-refractivity contribution < 1.29 is 0 Å². The van der Waals surface area contributed by atoms with E-state index >= 15 is 0 Å². The highest BCUT2D eigenvalue weighted by atomic mass is 14.8. The van der Waals surface area contributed by atoms with E-state index in [-0.39, 0.29) is 5.54 Å². The topological polar surface area (TPSA) is 26.0 Å². The minimum atomic E-state index is 0.0781. The van der Waals surface area contributed by atoms with E-state index in [2.05, 4.69) is 13.0 Å². The van der Waals surface area contributed by atoms with Gasteiger partial charge >= 0.3 is 0 Å². The summed E-state index contributed by atoms with van der Waals surface area (Å²) in [5.74, 6) is 0. The van der Waals surface area contributed by atoms with Gasteiger partial charge in [0.1, 0.15) is 0 Å². The monoisotopic (exact) mass is 97.1 g/mol. The fourth-order valence-corrected chi connectivity index (χ4v) is 0.783. The van der Waals surface area contributed by atoms with Crippen LogP contribution >= 0.6 is 0 Å². The Morgan fingerprint density at radius 1 is 1.86 bits per heavy atom. The van der Waals surface area contributed by atoms with Crippen LogP contribution in [0.4, 0.5) is 0 Å². The van der Waals surface area contributed by atoms with E-state index < -0.39 is 0 Å². The van der Waals surface area contributed by atoms with Gasteiger partial charge in [0.15, 0.2) is 0 Å². The van der Waals surface area contributed by atoms with Gasteiger partial charge in [-0.2, -0.15) is 0 Å². The van der Waals surface area contributed by atoms with E-state index in [1.807, 2.05) is 6.92 Å². The molecule has 0 spiro atoms. The highest BCUT2D eigenvalue weighted by Gasteiger charge is 2.38. The zero-order chi connectivity index (χ0) is 5.49. The number of rotatable bonds is 0. The van der Waals surface area contributed by atoms with Crippen molar-refractivity contribution in [2.75, 3.05) is 0 Å². The molecule has 0 aromatic carbocycles. The lowest BCUT2D eigenvalue weighted by Crippen LogP contribution is -2.15. The Labute approximate surface area is 44.2 Å². The summed E-state index contributed by atoms with van der Waals surface area (Å²) in [6.45, 7) is 4.09. The van der Waals surface area contributed by atoms with Crippen LogP contribution in [0.5, 0.6) is 0 Å². The first-order valence-electron chi connectivity index (χ1n) is 2.61. The highest BCUT2D eigenvalue weighted by Crippen LogP contribution is 2.38. The Hall–Kier alpha value is -0.300. The molecule has 1 saturated carbocycles. The molecule has 0 aromatic rings. The molecule has 1 aliphatic carbocycles. The summed E-state index contributed by atoms with van der Waals surface area (Å²) in [6.07, 6.45) is 3.20. The molecule has 1 heteroatoms. The van der Waals surface area contributed by atoms with Crippen molar-refractivity contribution in [3.05, 3.63) is 11.6 Å². The molecule has 0 saturated heterocycles. The maximum Gasteiger partial charge on any atom is 0.0379 e. The Bertz CT molecular complexity index is 111. The number of hydrogen-bond donors (Lipinski definition) is 1. The average Bonchev–Trinajstić information content (AvgIpc) is 2.13. The Kier molecular flexibility index (Phi) is 0.762. The van der Waals surface area contributed by atoms with Crippen molar-refractivity contribution in [1.29, 1.82) is 0 Å². The van der Waals surface area contributed by atoms with Crippen LogP contribution in [0.1, 0.15) is 20.3 Å². The average molecular weight is 97.2 g/mol. The molecule has 1 fully saturated rings. The van der Waals surface area contributed by atoms with Crippen molar-refractivity contribution in [3.8, 4) is 0 Å². The van der Waals surface area contributed by atoms with Crippen molar-refractivity contribution in [2.24, 2.45) is 5.73 Å². The Morgan fingerprint density at radius 3 is 2.29 bits per heavy atom. The summed E-state index contributed by atoms with van der Waals surface area (Å²) in [5, 5.41) is 0. The summed E-state index contributed by atoms with van der Waals surface area (Å²) >= 11 is 0. The van der Waals surface area contributed by atoms with Crippen molar-refractivity contribution in [2.45, 2.75) is 25.8 Å². The van der Waals surface area contributed by atoms with Gasteiger partial charge in [0.05, 0.1) is 0 Å². The second-order valence-electron chi connectivity index (χ2n) is 2.41. The fraction of sp³-hybridized carbons (Fsp3) is 0.667. The van der Waals surface area contributed by atoms with Crippen molar-refractivity contribution in [3.63, 3.8) is 0 Å². The molecular weight excluding hydrogens is 86.1 g/mol. The van der Waals surface area contributed by atoms with E-state index in [0.29, 0.717) is 0 Å². The van der Waals surface area contributed by atoms with Gasteiger partial charge in [-0.05, 0) is 20.3 Å². The van der Waals surface area contributed by atoms with Crippen LogP contribution in [0, 0.1) is 0 Å². The first-order valence-corrected chi connectivity index (χ1v) is 2.61. The van der Waals surface area contributed by atoms with Gasteiger partial charge in [-0.3, -0.25) is 0 Å². The predicted octanol–water partition coefficient (Wildman–Crippen LogP) is 1.05. The summed E-state index contributed by atoms with van der Waals surface area (Å²) in [6, 6.07) is 0. The highest BCUT2D eigenvalue weighted by molar-refractivity contribution is 5.35. The van der Waals surface area contributed by atoms with Gasteiger partial charge in [0.2, 0.25) is 0 Å². The molecule has 0 radical (unpaired) electrons. The second kappa shape index (κ2) is 1.10. The van der Waals surface area contributed by atoms with E-state index in [9.17, 15) is 0 Å². The quantitative estimate of drug-likeness (QED) is 0.449. The van der Waals surface area contributed by atoms with Gasteiger partial charge in [-0.15, -0.1) is 0 Å². The lowest BCUT2D eigenvalue weighted by Gasteiger charge is -1.90. The summed E-state index contributed by atoms with van der Waals surface area (Å²) in [5.41, 5.74) is 7.13. The molecule has 1 unspecified atom stereocenters. The summed E-state index contributed by atoms with van der Waals surface area (Å²) in [4.78, 5) is 0. The molecule has 40 valence electrons. The maximum atomic E-state index is 5.65. The van der Waals surface area contributed by atoms with Crippen LogP contribution in [0.25, 0.3) is 0 Å². The third kappa shape index (κ3) is 0.682. The van der Waals surface area contributed by atoms with Crippen LogP contribution in [-0.4, -0.2) is 5.54 Å². The minimum Gasteiger partial charge on any atom is -0.322 e. The third-order valence-corrected chi connectivity index (χ3v) is 1.51. The molecule has 0 aromatic heterocycles. The van der Waals surface area contributed by atoms with Gasteiger partial charge < -0.3 is 5.73 Å². The van der Waals surface area contributed by atoms with Gasteiger partial charge in [-0.1, -0.05) is 11.6 Å².